The first kappa shape index (κ1) is 34.7. The lowest BCUT2D eigenvalue weighted by atomic mass is 9.83. The van der Waals surface area contributed by atoms with Gasteiger partial charge in [0.25, 0.3) is 0 Å². The van der Waals surface area contributed by atoms with Crippen LogP contribution in [0.2, 0.25) is 0 Å². The minimum Gasteiger partial charge on any atom is -0.494 e. The van der Waals surface area contributed by atoms with Gasteiger partial charge in [-0.3, -0.25) is 14.4 Å². The predicted molar refractivity (Wildman–Crippen MR) is 193 cm³/mol. The van der Waals surface area contributed by atoms with E-state index < -0.39 is 5.97 Å². The number of piperidine rings is 1. The highest BCUT2D eigenvalue weighted by Crippen LogP contribution is 2.39. The second-order valence-electron chi connectivity index (χ2n) is 14.9. The van der Waals surface area contributed by atoms with Crippen LogP contribution in [0.25, 0.3) is 0 Å². The van der Waals surface area contributed by atoms with Gasteiger partial charge in [0.2, 0.25) is 0 Å². The molecule has 0 radical (unpaired) electrons. The second kappa shape index (κ2) is 16.5. The Hall–Kier alpha value is -3.16. The maximum Gasteiger partial charge on any atom is 0.321 e. The van der Waals surface area contributed by atoms with Crippen LogP contribution < -0.4 is 4.74 Å². The molecule has 3 fully saturated rings. The van der Waals surface area contributed by atoms with E-state index in [0.717, 1.165) is 102 Å². The van der Waals surface area contributed by atoms with Crippen molar-refractivity contribution in [2.24, 2.45) is 11.8 Å². The van der Waals surface area contributed by atoms with Crippen molar-refractivity contribution < 1.29 is 14.6 Å². The molecule has 0 bridgehead atoms. The lowest BCUT2D eigenvalue weighted by molar-refractivity contribution is -0.145. The van der Waals surface area contributed by atoms with E-state index >= 15 is 0 Å². The number of carboxylic acid groups (broad SMARTS) is 1. The van der Waals surface area contributed by atoms with Gasteiger partial charge in [0.05, 0.1) is 12.3 Å². The number of unbranched alkanes of at least 4 members (excludes halogenated alkanes) is 1. The summed E-state index contributed by atoms with van der Waals surface area (Å²) in [5.41, 5.74) is 6.46. The molecule has 3 unspecified atom stereocenters. The van der Waals surface area contributed by atoms with Crippen molar-refractivity contribution in [3.05, 3.63) is 82.7 Å². The van der Waals surface area contributed by atoms with Crippen molar-refractivity contribution in [1.29, 1.82) is 0 Å². The van der Waals surface area contributed by atoms with E-state index in [4.69, 9.17) is 9.84 Å². The first-order valence-electron chi connectivity index (χ1n) is 19.0. The minimum absolute atomic E-state index is 0.279. The van der Waals surface area contributed by atoms with E-state index in [2.05, 4.69) is 89.9 Å². The number of benzene rings is 2. The van der Waals surface area contributed by atoms with Gasteiger partial charge >= 0.3 is 5.97 Å². The third-order valence-electron chi connectivity index (χ3n) is 11.4. The first-order chi connectivity index (χ1) is 23.4. The quantitative estimate of drug-likeness (QED) is 0.178. The van der Waals surface area contributed by atoms with E-state index in [1.54, 1.807) is 0 Å². The summed E-state index contributed by atoms with van der Waals surface area (Å²) < 4.78 is 8.09. The molecule has 3 aliphatic rings. The topological polar surface area (TPSA) is 70.8 Å². The van der Waals surface area contributed by atoms with E-state index in [1.165, 1.54) is 41.6 Å². The number of nitrogens with zero attached hydrogens (tertiary/aromatic N) is 4. The van der Waals surface area contributed by atoms with Crippen LogP contribution in [0.1, 0.15) is 112 Å². The number of likely N-dealkylation sites (tertiary alicyclic amines) is 2. The summed E-state index contributed by atoms with van der Waals surface area (Å²) in [4.78, 5) is 17.7. The molecule has 6 rings (SSSR count). The zero-order valence-corrected chi connectivity index (χ0v) is 29.7. The van der Waals surface area contributed by atoms with Crippen LogP contribution in [0, 0.1) is 18.8 Å². The molecule has 2 saturated heterocycles. The Balaban J connectivity index is 1.09. The van der Waals surface area contributed by atoms with Crippen LogP contribution in [0.3, 0.4) is 0 Å². The standard InChI is InChI=1S/C41H58N4O3/c1-4-6-23-48-37-17-15-31(16-18-37)25-36-26-39(45(5-2)42-36)32-19-21-43(22-20-32)27-35-28-44(29-38(35)34-14-10-11-30(3)24-34)40(41(46)47)33-12-8-7-9-13-33/h10-11,14-18,24,26,32-33,35,38,40H,4-9,12-13,19-23,25,27-29H2,1-3H3,(H,46,47). The van der Waals surface area contributed by atoms with Crippen molar-refractivity contribution in [1.82, 2.24) is 19.6 Å². The van der Waals surface area contributed by atoms with Crippen molar-refractivity contribution >= 4 is 5.97 Å². The Morgan fingerprint density at radius 3 is 2.44 bits per heavy atom. The Kier molecular flexibility index (Phi) is 11.9. The summed E-state index contributed by atoms with van der Waals surface area (Å²) in [5.74, 6) is 1.93. The second-order valence-corrected chi connectivity index (χ2v) is 14.9. The molecule has 2 aliphatic heterocycles. The zero-order valence-electron chi connectivity index (χ0n) is 29.7. The highest BCUT2D eigenvalue weighted by Gasteiger charge is 2.43. The van der Waals surface area contributed by atoms with Crippen LogP contribution in [0.5, 0.6) is 5.75 Å². The van der Waals surface area contributed by atoms with Gasteiger partial charge in [-0.1, -0.05) is 74.6 Å². The molecule has 1 N–H and O–H groups in total. The lowest BCUT2D eigenvalue weighted by Gasteiger charge is -2.35. The first-order valence-corrected chi connectivity index (χ1v) is 19.0. The number of aliphatic carboxylic acids is 1. The van der Waals surface area contributed by atoms with Crippen LogP contribution in [-0.2, 0) is 17.8 Å². The molecule has 1 aliphatic carbocycles. The highest BCUT2D eigenvalue weighted by molar-refractivity contribution is 5.74. The van der Waals surface area contributed by atoms with Crippen molar-refractivity contribution in [2.45, 2.75) is 109 Å². The smallest absolute Gasteiger partial charge is 0.321 e. The number of ether oxygens (including phenoxy) is 1. The molecular weight excluding hydrogens is 596 g/mol. The average molecular weight is 655 g/mol. The Bertz CT molecular complexity index is 1450. The SMILES string of the molecule is CCCCOc1ccc(Cc2cc(C3CCN(CC4CN(C(C(=O)O)C5CCCCC5)CC4c4cccc(C)c4)CC3)n(CC)n2)cc1. The Morgan fingerprint density at radius 1 is 0.979 bits per heavy atom. The lowest BCUT2D eigenvalue weighted by Crippen LogP contribution is -2.46. The van der Waals surface area contributed by atoms with Crippen molar-refractivity contribution in [3.8, 4) is 5.75 Å². The molecule has 3 aromatic rings. The molecule has 2 aromatic carbocycles. The predicted octanol–water partition coefficient (Wildman–Crippen LogP) is 7.91. The van der Waals surface area contributed by atoms with Gasteiger partial charge in [-0.2, -0.15) is 5.10 Å². The monoisotopic (exact) mass is 654 g/mol. The van der Waals surface area contributed by atoms with Gasteiger partial charge in [-0.15, -0.1) is 0 Å². The molecule has 3 heterocycles. The van der Waals surface area contributed by atoms with Gasteiger partial charge in [0.1, 0.15) is 11.8 Å². The van der Waals surface area contributed by atoms with Crippen molar-refractivity contribution in [2.75, 3.05) is 39.3 Å². The van der Waals surface area contributed by atoms with Crippen LogP contribution in [0.4, 0.5) is 0 Å². The van der Waals surface area contributed by atoms with Gasteiger partial charge < -0.3 is 14.7 Å². The molecule has 1 aromatic heterocycles. The van der Waals surface area contributed by atoms with Crippen molar-refractivity contribution in [3.63, 3.8) is 0 Å². The number of rotatable bonds is 14. The average Bonchev–Trinajstić information content (AvgIpc) is 3.70. The molecule has 7 nitrogen and oxygen atoms in total. The van der Waals surface area contributed by atoms with E-state index in [1.807, 2.05) is 0 Å². The highest BCUT2D eigenvalue weighted by atomic mass is 16.5. The Labute approximate surface area is 288 Å². The number of hydrogen-bond acceptors (Lipinski definition) is 5. The molecule has 0 spiro atoms. The molecule has 48 heavy (non-hydrogen) atoms. The van der Waals surface area contributed by atoms with E-state index in [-0.39, 0.29) is 12.0 Å². The normalized spacial score (nSPS) is 22.2. The maximum atomic E-state index is 12.7. The molecule has 0 amide bonds. The van der Waals surface area contributed by atoms with Crippen LogP contribution >= 0.6 is 0 Å². The summed E-state index contributed by atoms with van der Waals surface area (Å²) in [7, 11) is 0. The van der Waals surface area contributed by atoms with E-state index in [0.29, 0.717) is 17.8 Å². The zero-order chi connectivity index (χ0) is 33.5. The van der Waals surface area contributed by atoms with Gasteiger partial charge in [0, 0.05) is 50.1 Å². The third-order valence-corrected chi connectivity index (χ3v) is 11.4. The molecular formula is C41H58N4O3. The fourth-order valence-electron chi connectivity index (χ4n) is 8.85. The van der Waals surface area contributed by atoms with Gasteiger partial charge in [-0.25, -0.2) is 0 Å². The van der Waals surface area contributed by atoms with Crippen LogP contribution in [0.15, 0.2) is 54.6 Å². The summed E-state index contributed by atoms with van der Waals surface area (Å²) >= 11 is 0. The molecule has 260 valence electrons. The third kappa shape index (κ3) is 8.52. The van der Waals surface area contributed by atoms with Gasteiger partial charge in [-0.05, 0) is 100 Å². The number of hydrogen-bond donors (Lipinski definition) is 1. The number of aryl methyl sites for hydroxylation is 2. The number of carbonyl (C=O) groups is 1. The summed E-state index contributed by atoms with van der Waals surface area (Å²) in [6.07, 6.45) is 11.0. The molecule has 3 atom stereocenters. The fourth-order valence-corrected chi connectivity index (χ4v) is 8.85. The fraction of sp³-hybridized carbons (Fsp3) is 0.610. The molecule has 7 heteroatoms. The summed E-state index contributed by atoms with van der Waals surface area (Å²) in [6, 6.07) is 19.5. The van der Waals surface area contributed by atoms with Crippen LogP contribution in [-0.4, -0.2) is 76.0 Å². The largest absolute Gasteiger partial charge is 0.494 e. The minimum atomic E-state index is -0.619. The Morgan fingerprint density at radius 2 is 1.75 bits per heavy atom. The summed E-state index contributed by atoms with van der Waals surface area (Å²) in [5, 5.41) is 15.5. The maximum absolute atomic E-state index is 12.7. The summed E-state index contributed by atoms with van der Waals surface area (Å²) in [6.45, 7) is 13.1. The van der Waals surface area contributed by atoms with E-state index in [9.17, 15) is 9.90 Å². The van der Waals surface area contributed by atoms with Gasteiger partial charge in [0.15, 0.2) is 0 Å². The number of aromatic nitrogens is 2. The number of carboxylic acids is 1. The molecule has 1 saturated carbocycles.